The van der Waals surface area contributed by atoms with E-state index in [0.717, 1.165) is 11.1 Å². The van der Waals surface area contributed by atoms with Gasteiger partial charge in [0.2, 0.25) is 0 Å². The number of hydrogen-bond donors (Lipinski definition) is 1. The van der Waals surface area contributed by atoms with E-state index in [0.29, 0.717) is 24.0 Å². The molecule has 2 aliphatic rings. The lowest BCUT2D eigenvalue weighted by Gasteiger charge is -2.26. The van der Waals surface area contributed by atoms with Gasteiger partial charge in [0.1, 0.15) is 12.2 Å². The van der Waals surface area contributed by atoms with Gasteiger partial charge in [0.15, 0.2) is 0 Å². The second kappa shape index (κ2) is 7.83. The van der Waals surface area contributed by atoms with E-state index >= 15 is 0 Å². The van der Waals surface area contributed by atoms with Crippen LogP contribution in [0.5, 0.6) is 0 Å². The summed E-state index contributed by atoms with van der Waals surface area (Å²) in [6.45, 7) is 11.0. The van der Waals surface area contributed by atoms with Gasteiger partial charge in [-0.15, -0.1) is 0 Å². The molecule has 1 aliphatic carbocycles. The van der Waals surface area contributed by atoms with Crippen LogP contribution in [-0.4, -0.2) is 35.4 Å². The molecule has 1 fully saturated rings. The maximum atomic E-state index is 12.2. The molecule has 4 atom stereocenters. The second-order valence-corrected chi connectivity index (χ2v) is 6.80. The van der Waals surface area contributed by atoms with Gasteiger partial charge < -0.3 is 14.6 Å². The van der Waals surface area contributed by atoms with Gasteiger partial charge in [-0.25, -0.2) is 9.59 Å². The van der Waals surface area contributed by atoms with E-state index in [-0.39, 0.29) is 5.92 Å². The van der Waals surface area contributed by atoms with Crippen molar-refractivity contribution in [3.05, 3.63) is 47.1 Å². The van der Waals surface area contributed by atoms with Gasteiger partial charge in [0, 0.05) is 17.1 Å². The molecule has 5 heteroatoms. The van der Waals surface area contributed by atoms with Crippen LogP contribution in [-0.2, 0) is 19.1 Å². The summed E-state index contributed by atoms with van der Waals surface area (Å²) in [6, 6.07) is 0. The third-order valence-corrected chi connectivity index (χ3v) is 4.76. The zero-order valence-corrected chi connectivity index (χ0v) is 15.2. The summed E-state index contributed by atoms with van der Waals surface area (Å²) in [5.41, 5.74) is 2.60. The number of esters is 2. The fourth-order valence-corrected chi connectivity index (χ4v) is 3.10. The summed E-state index contributed by atoms with van der Waals surface area (Å²) in [4.78, 5) is 24.1. The molecule has 2 rings (SSSR count). The van der Waals surface area contributed by atoms with Crippen LogP contribution in [0.25, 0.3) is 0 Å². The molecule has 1 N–H and O–H groups in total. The first-order valence-corrected chi connectivity index (χ1v) is 8.50. The van der Waals surface area contributed by atoms with E-state index in [4.69, 9.17) is 9.47 Å². The molecule has 1 heterocycles. The van der Waals surface area contributed by atoms with Gasteiger partial charge in [-0.3, -0.25) is 0 Å². The van der Waals surface area contributed by atoms with E-state index in [2.05, 4.69) is 6.58 Å². The molecule has 0 aromatic rings. The minimum Gasteiger partial charge on any atom is -0.454 e. The van der Waals surface area contributed by atoms with Gasteiger partial charge in [-0.05, 0) is 52.2 Å². The monoisotopic (exact) mass is 346 g/mol. The Morgan fingerprint density at radius 1 is 1.40 bits per heavy atom. The summed E-state index contributed by atoms with van der Waals surface area (Å²) in [7, 11) is 0. The minimum atomic E-state index is -0.683. The molecule has 1 aliphatic heterocycles. The quantitative estimate of drug-likeness (QED) is 0.473. The Labute approximate surface area is 148 Å². The number of aliphatic hydroxyl groups is 1. The molecule has 25 heavy (non-hydrogen) atoms. The summed E-state index contributed by atoms with van der Waals surface area (Å²) in [6.07, 6.45) is 4.39. The molecule has 0 radical (unpaired) electrons. The van der Waals surface area contributed by atoms with E-state index in [1.165, 1.54) is 0 Å². The van der Waals surface area contributed by atoms with Crippen LogP contribution in [0, 0.1) is 5.92 Å². The lowest BCUT2D eigenvalue weighted by Crippen LogP contribution is -2.28. The van der Waals surface area contributed by atoms with Gasteiger partial charge >= 0.3 is 11.9 Å². The van der Waals surface area contributed by atoms with E-state index in [1.807, 2.05) is 19.9 Å². The number of allylic oxidation sites excluding steroid dienone is 1. The minimum absolute atomic E-state index is 0.259. The second-order valence-electron chi connectivity index (χ2n) is 6.80. The van der Waals surface area contributed by atoms with Crippen LogP contribution in [0.1, 0.15) is 40.5 Å². The molecular weight excluding hydrogens is 320 g/mol. The Kier molecular flexibility index (Phi) is 6.01. The highest BCUT2D eigenvalue weighted by Crippen LogP contribution is 2.35. The van der Waals surface area contributed by atoms with Crippen molar-refractivity contribution in [3.63, 3.8) is 0 Å². The molecule has 1 saturated heterocycles. The van der Waals surface area contributed by atoms with Crippen molar-refractivity contribution in [2.45, 2.75) is 58.8 Å². The van der Waals surface area contributed by atoms with Crippen molar-refractivity contribution >= 4 is 11.9 Å². The smallest absolute Gasteiger partial charge is 0.334 e. The molecule has 0 aromatic carbocycles. The number of hydrogen-bond acceptors (Lipinski definition) is 5. The van der Waals surface area contributed by atoms with E-state index < -0.39 is 30.3 Å². The Hall–Kier alpha value is -2.14. The van der Waals surface area contributed by atoms with Crippen molar-refractivity contribution in [2.75, 3.05) is 0 Å². The first kappa shape index (κ1) is 19.2. The zero-order chi connectivity index (χ0) is 18.7. The van der Waals surface area contributed by atoms with Crippen LogP contribution in [0.3, 0.4) is 0 Å². The number of carbonyl (C=O) groups is 2. The molecule has 0 spiro atoms. The van der Waals surface area contributed by atoms with Gasteiger partial charge in [-0.2, -0.15) is 0 Å². The maximum absolute atomic E-state index is 12.2. The molecule has 0 unspecified atom stereocenters. The highest BCUT2D eigenvalue weighted by atomic mass is 16.6. The van der Waals surface area contributed by atoms with Gasteiger partial charge in [0.05, 0.1) is 6.10 Å². The molecule has 0 saturated carbocycles. The normalized spacial score (nSPS) is 35.0. The number of rotatable bonds is 2. The Balaban J connectivity index is 2.36. The average molecular weight is 346 g/mol. The molecular formula is C20H26O5. The first-order valence-electron chi connectivity index (χ1n) is 8.50. The Morgan fingerprint density at radius 2 is 2.08 bits per heavy atom. The highest BCUT2D eigenvalue weighted by molar-refractivity contribution is 5.91. The highest BCUT2D eigenvalue weighted by Gasteiger charge is 2.40. The average Bonchev–Trinajstić information content (AvgIpc) is 2.79. The van der Waals surface area contributed by atoms with Crippen LogP contribution < -0.4 is 0 Å². The standard InChI is InChI=1S/C20H26O5/c1-6-12(3)19(22)24-17-10-16-14(5)20(23)25-18(16)8-11(2)7-15(21)9-13(17)4/h6,8-9,15-18,21H,5,7,10H2,1-4H3/b11-8+,12-6-,13-9+/t15-,16+,17+,18-/m1/s1. The van der Waals surface area contributed by atoms with E-state index in [9.17, 15) is 14.7 Å². The van der Waals surface area contributed by atoms with Crippen molar-refractivity contribution in [1.29, 1.82) is 0 Å². The predicted octanol–water partition coefficient (Wildman–Crippen LogP) is 3.01. The fraction of sp³-hybridized carbons (Fsp3) is 0.500. The van der Waals surface area contributed by atoms with Crippen molar-refractivity contribution in [2.24, 2.45) is 5.92 Å². The lowest BCUT2D eigenvalue weighted by molar-refractivity contribution is -0.144. The molecule has 0 bridgehead atoms. The van der Waals surface area contributed by atoms with Gasteiger partial charge in [-0.1, -0.05) is 24.3 Å². The molecule has 0 amide bonds. The Morgan fingerprint density at radius 3 is 2.72 bits per heavy atom. The number of ether oxygens (including phenoxy) is 2. The third-order valence-electron chi connectivity index (χ3n) is 4.76. The van der Waals surface area contributed by atoms with E-state index in [1.54, 1.807) is 26.0 Å². The zero-order valence-electron chi connectivity index (χ0n) is 15.2. The molecule has 136 valence electrons. The number of carbonyl (C=O) groups excluding carboxylic acids is 2. The number of aliphatic hydroxyl groups excluding tert-OH is 1. The first-order chi connectivity index (χ1) is 11.7. The van der Waals surface area contributed by atoms with Crippen molar-refractivity contribution in [3.8, 4) is 0 Å². The third kappa shape index (κ3) is 4.48. The van der Waals surface area contributed by atoms with Crippen molar-refractivity contribution < 1.29 is 24.2 Å². The SMILES string of the molecule is C=C1C(=O)O[C@@H]2/C=C(\C)C[C@@H](O)/C=C(\C)[C@@H](OC(=O)/C(C)=C\C)C[C@@H]12. The maximum Gasteiger partial charge on any atom is 0.334 e. The van der Waals surface area contributed by atoms with Crippen LogP contribution in [0.2, 0.25) is 0 Å². The summed E-state index contributed by atoms with van der Waals surface area (Å²) in [5, 5.41) is 10.2. The number of fused-ring (bicyclic) bond motifs is 1. The van der Waals surface area contributed by atoms with Crippen LogP contribution in [0.15, 0.2) is 47.1 Å². The fourth-order valence-electron chi connectivity index (χ4n) is 3.10. The topological polar surface area (TPSA) is 72.8 Å². The van der Waals surface area contributed by atoms with Crippen LogP contribution in [0.4, 0.5) is 0 Å². The molecule has 0 aromatic heterocycles. The lowest BCUT2D eigenvalue weighted by atomic mass is 9.86. The summed E-state index contributed by atoms with van der Waals surface area (Å²) >= 11 is 0. The Bertz CT molecular complexity index is 668. The van der Waals surface area contributed by atoms with Crippen LogP contribution >= 0.6 is 0 Å². The molecule has 5 nitrogen and oxygen atoms in total. The van der Waals surface area contributed by atoms with Gasteiger partial charge in [0.25, 0.3) is 0 Å². The summed E-state index contributed by atoms with van der Waals surface area (Å²) in [5.74, 6) is -1.09. The van der Waals surface area contributed by atoms with Crippen molar-refractivity contribution in [1.82, 2.24) is 0 Å². The summed E-state index contributed by atoms with van der Waals surface area (Å²) < 4.78 is 11.0. The predicted molar refractivity (Wildman–Crippen MR) is 94.6 cm³/mol. The largest absolute Gasteiger partial charge is 0.454 e.